The van der Waals surface area contributed by atoms with E-state index < -0.39 is 0 Å². The molecule has 0 fully saturated rings. The molecule has 0 bridgehead atoms. The van der Waals surface area contributed by atoms with Crippen molar-refractivity contribution in [2.75, 3.05) is 20.7 Å². The first-order valence-electron chi connectivity index (χ1n) is 7.19. The Hall–Kier alpha value is -1.66. The Balaban J connectivity index is 2.15. The van der Waals surface area contributed by atoms with Crippen molar-refractivity contribution in [3.05, 3.63) is 23.6 Å². The Kier molecular flexibility index (Phi) is 3.59. The van der Waals surface area contributed by atoms with Crippen LogP contribution in [0.1, 0.15) is 12.5 Å². The average Bonchev–Trinajstić information content (AvgIpc) is 2.80. The van der Waals surface area contributed by atoms with Crippen molar-refractivity contribution in [3.63, 3.8) is 0 Å². The van der Waals surface area contributed by atoms with E-state index in [1.54, 1.807) is 6.20 Å². The monoisotopic (exact) mass is 292 g/mol. The summed E-state index contributed by atoms with van der Waals surface area (Å²) in [5.41, 5.74) is 7.72. The molecule has 3 rings (SSSR count). The molecule has 1 aliphatic rings. The second-order valence-electron chi connectivity index (χ2n) is 6.04. The van der Waals surface area contributed by atoms with Crippen molar-refractivity contribution in [1.82, 2.24) is 14.7 Å². The number of fused-ring (bicyclic) bond motifs is 3. The quantitative estimate of drug-likeness (QED) is 0.929. The third-order valence-corrected chi connectivity index (χ3v) is 3.98. The zero-order chi connectivity index (χ0) is 15.1. The van der Waals surface area contributed by atoms with Crippen molar-refractivity contribution >= 4 is 10.9 Å². The van der Waals surface area contributed by atoms with Gasteiger partial charge in [0.1, 0.15) is 6.61 Å². The average molecular weight is 292 g/mol. The van der Waals surface area contributed by atoms with E-state index >= 15 is 0 Å². The molecule has 2 heterocycles. The van der Waals surface area contributed by atoms with Crippen LogP contribution in [-0.2, 0) is 13.0 Å². The Bertz CT molecular complexity index is 665. The first-order chi connectivity index (χ1) is 9.97. The second kappa shape index (κ2) is 5.27. The zero-order valence-corrected chi connectivity index (χ0v) is 12.6. The first kappa shape index (κ1) is 14.3. The summed E-state index contributed by atoms with van der Waals surface area (Å²) in [6, 6.07) is 1.72. The molecule has 0 spiro atoms. The van der Waals surface area contributed by atoms with Gasteiger partial charge in [-0.05, 0) is 33.5 Å². The fraction of sp³-hybridized carbons (Fsp3) is 0.533. The molecule has 2 N–H and O–H groups in total. The van der Waals surface area contributed by atoms with Crippen LogP contribution in [-0.4, -0.2) is 47.5 Å². The predicted octanol–water partition coefficient (Wildman–Crippen LogP) is 1.39. The number of nitrogens with zero attached hydrogens (tertiary/aromatic N) is 3. The standard InChI is InChI=1S/C15H21FN4O/c1-9(17)7-20-14-10(6-18-20)4-13(16)15-12(14)5-11(8-21-15)19(2)3/h4,6,9,11H,5,7-8,17H2,1-3H3/t9-,11?/m0/s1. The molecular formula is C15H21FN4O. The van der Waals surface area contributed by atoms with E-state index in [-0.39, 0.29) is 17.9 Å². The van der Waals surface area contributed by atoms with Crippen LogP contribution in [0.25, 0.3) is 10.9 Å². The summed E-state index contributed by atoms with van der Waals surface area (Å²) in [5, 5.41) is 5.16. The largest absolute Gasteiger partial charge is 0.488 e. The van der Waals surface area contributed by atoms with Gasteiger partial charge in [-0.25, -0.2) is 4.39 Å². The lowest BCUT2D eigenvalue weighted by molar-refractivity contribution is 0.160. The second-order valence-corrected chi connectivity index (χ2v) is 6.04. The van der Waals surface area contributed by atoms with E-state index in [4.69, 9.17) is 10.5 Å². The normalized spacial score (nSPS) is 19.6. The Labute approximate surface area is 123 Å². The molecule has 0 radical (unpaired) electrons. The summed E-state index contributed by atoms with van der Waals surface area (Å²) >= 11 is 0. The molecule has 114 valence electrons. The van der Waals surface area contributed by atoms with Gasteiger partial charge in [0, 0.05) is 23.0 Å². The third-order valence-electron chi connectivity index (χ3n) is 3.98. The number of halogens is 1. The summed E-state index contributed by atoms with van der Waals surface area (Å²) in [4.78, 5) is 2.10. The molecule has 1 unspecified atom stereocenters. The summed E-state index contributed by atoms with van der Waals surface area (Å²) in [6.07, 6.45) is 2.45. The fourth-order valence-electron chi connectivity index (χ4n) is 2.85. The van der Waals surface area contributed by atoms with Crippen LogP contribution in [0.4, 0.5) is 4.39 Å². The van der Waals surface area contributed by atoms with E-state index in [0.29, 0.717) is 18.9 Å². The van der Waals surface area contributed by atoms with Crippen LogP contribution in [0, 0.1) is 5.82 Å². The van der Waals surface area contributed by atoms with Crippen LogP contribution < -0.4 is 10.5 Å². The van der Waals surface area contributed by atoms with Crippen LogP contribution in [0.3, 0.4) is 0 Å². The van der Waals surface area contributed by atoms with E-state index in [2.05, 4.69) is 10.00 Å². The highest BCUT2D eigenvalue weighted by Crippen LogP contribution is 2.35. The molecular weight excluding hydrogens is 271 g/mol. The van der Waals surface area contributed by atoms with E-state index in [0.717, 1.165) is 22.9 Å². The maximum absolute atomic E-state index is 14.2. The van der Waals surface area contributed by atoms with Crippen molar-refractivity contribution in [2.24, 2.45) is 5.73 Å². The van der Waals surface area contributed by atoms with Crippen molar-refractivity contribution < 1.29 is 9.13 Å². The van der Waals surface area contributed by atoms with Crippen LogP contribution >= 0.6 is 0 Å². The summed E-state index contributed by atoms with van der Waals surface area (Å²) in [6.45, 7) is 3.04. The molecule has 5 nitrogen and oxygen atoms in total. The third kappa shape index (κ3) is 2.49. The topological polar surface area (TPSA) is 56.3 Å². The lowest BCUT2D eigenvalue weighted by Crippen LogP contribution is -2.38. The van der Waals surface area contributed by atoms with Gasteiger partial charge in [0.15, 0.2) is 11.6 Å². The van der Waals surface area contributed by atoms with E-state index in [1.807, 2.05) is 25.7 Å². The van der Waals surface area contributed by atoms with E-state index in [1.165, 1.54) is 6.07 Å². The number of aromatic nitrogens is 2. The van der Waals surface area contributed by atoms with Gasteiger partial charge < -0.3 is 15.4 Å². The van der Waals surface area contributed by atoms with Crippen LogP contribution in [0.15, 0.2) is 12.3 Å². The van der Waals surface area contributed by atoms with Crippen LogP contribution in [0.5, 0.6) is 5.75 Å². The number of rotatable bonds is 3. The number of likely N-dealkylation sites (N-methyl/N-ethyl adjacent to an activating group) is 1. The Morgan fingerprint density at radius 2 is 2.33 bits per heavy atom. The highest BCUT2D eigenvalue weighted by Gasteiger charge is 2.28. The minimum absolute atomic E-state index is 0.0112. The van der Waals surface area contributed by atoms with Gasteiger partial charge in [0.25, 0.3) is 0 Å². The summed E-state index contributed by atoms with van der Waals surface area (Å²) < 4.78 is 21.7. The maximum Gasteiger partial charge on any atom is 0.166 e. The first-order valence-corrected chi connectivity index (χ1v) is 7.19. The Morgan fingerprint density at radius 3 is 3.00 bits per heavy atom. The lowest BCUT2D eigenvalue weighted by atomic mass is 9.99. The summed E-state index contributed by atoms with van der Waals surface area (Å²) in [7, 11) is 4.02. The van der Waals surface area contributed by atoms with Gasteiger partial charge in [-0.3, -0.25) is 4.68 Å². The number of ether oxygens (including phenoxy) is 1. The highest BCUT2D eigenvalue weighted by molar-refractivity contribution is 5.85. The molecule has 0 saturated carbocycles. The van der Waals surface area contributed by atoms with Gasteiger partial charge in [-0.1, -0.05) is 0 Å². The predicted molar refractivity (Wildman–Crippen MR) is 80.0 cm³/mol. The minimum Gasteiger partial charge on any atom is -0.488 e. The Morgan fingerprint density at radius 1 is 1.57 bits per heavy atom. The number of benzene rings is 1. The van der Waals surface area contributed by atoms with Crippen molar-refractivity contribution in [1.29, 1.82) is 0 Å². The van der Waals surface area contributed by atoms with E-state index in [9.17, 15) is 4.39 Å². The number of hydrogen-bond acceptors (Lipinski definition) is 4. The van der Waals surface area contributed by atoms with Crippen molar-refractivity contribution in [2.45, 2.75) is 32.0 Å². The molecule has 1 aliphatic heterocycles. The molecule has 0 aliphatic carbocycles. The number of hydrogen-bond donors (Lipinski definition) is 1. The molecule has 6 heteroatoms. The van der Waals surface area contributed by atoms with Gasteiger partial charge in [0.2, 0.25) is 0 Å². The van der Waals surface area contributed by atoms with Crippen LogP contribution in [0.2, 0.25) is 0 Å². The molecule has 0 saturated heterocycles. The molecule has 0 amide bonds. The smallest absolute Gasteiger partial charge is 0.166 e. The minimum atomic E-state index is -0.310. The molecule has 1 aromatic carbocycles. The fourth-order valence-corrected chi connectivity index (χ4v) is 2.85. The van der Waals surface area contributed by atoms with Gasteiger partial charge in [-0.15, -0.1) is 0 Å². The zero-order valence-electron chi connectivity index (χ0n) is 12.6. The maximum atomic E-state index is 14.2. The molecule has 1 aromatic heterocycles. The van der Waals surface area contributed by atoms with Gasteiger partial charge in [-0.2, -0.15) is 5.10 Å². The van der Waals surface area contributed by atoms with Gasteiger partial charge >= 0.3 is 0 Å². The number of nitrogens with two attached hydrogens (primary N) is 1. The molecule has 21 heavy (non-hydrogen) atoms. The SMILES string of the molecule is C[C@H](N)Cn1ncc2cc(F)c3c(c21)CC(N(C)C)CO3. The summed E-state index contributed by atoms with van der Waals surface area (Å²) in [5.74, 6) is 0.0575. The lowest BCUT2D eigenvalue weighted by Gasteiger charge is -2.30. The van der Waals surface area contributed by atoms with Gasteiger partial charge in [0.05, 0.1) is 18.3 Å². The molecule has 2 aromatic rings. The molecule has 2 atom stereocenters. The highest BCUT2D eigenvalue weighted by atomic mass is 19.1. The van der Waals surface area contributed by atoms with Crippen molar-refractivity contribution in [3.8, 4) is 5.75 Å².